The second kappa shape index (κ2) is 8.57. The topological polar surface area (TPSA) is 130 Å². The van der Waals surface area contributed by atoms with Crippen LogP contribution in [0.3, 0.4) is 0 Å². The van der Waals surface area contributed by atoms with Gasteiger partial charge >= 0.3 is 0 Å². The number of non-ortho nitro benzene ring substituents is 1. The molecule has 10 nitrogen and oxygen atoms in total. The van der Waals surface area contributed by atoms with E-state index >= 15 is 0 Å². The Bertz CT molecular complexity index is 1200. The molecule has 0 spiro atoms. The molecule has 0 saturated heterocycles. The van der Waals surface area contributed by atoms with E-state index < -0.39 is 10.7 Å². The molecule has 3 rings (SSSR count). The number of aromatic nitrogens is 2. The Morgan fingerprint density at radius 3 is 2.60 bits per heavy atom. The van der Waals surface area contributed by atoms with Gasteiger partial charge in [-0.25, -0.2) is 4.68 Å². The number of nitro benzene ring substituents is 1. The number of thiocarbonyl (C=S) groups is 1. The molecule has 1 aromatic heterocycles. The van der Waals surface area contributed by atoms with E-state index in [1.165, 1.54) is 4.68 Å². The Morgan fingerprint density at radius 2 is 1.93 bits per heavy atom. The van der Waals surface area contributed by atoms with Crippen molar-refractivity contribution in [2.75, 3.05) is 5.32 Å². The fourth-order valence-corrected chi connectivity index (χ4v) is 2.92. The minimum atomic E-state index is -0.605. The van der Waals surface area contributed by atoms with Gasteiger partial charge in [0.1, 0.15) is 5.69 Å². The highest BCUT2D eigenvalue weighted by Gasteiger charge is 2.16. The summed E-state index contributed by atoms with van der Waals surface area (Å²) in [4.78, 5) is 23.1. The van der Waals surface area contributed by atoms with Crippen LogP contribution < -0.4 is 21.4 Å². The standard InChI is InChI=1S/C19H18N6O4S/c1-12-17(18(27)24(23(12)2)14-6-4-3-5-7-14)21-19(30)22-20-11-13-10-15(25(28)29)8-9-16(13)26/h3-11,26H,1-2H3,(H2,21,22,30)/p-1/b20-11+. The normalized spacial score (nSPS) is 10.9. The molecule has 0 unspecified atom stereocenters. The van der Waals surface area contributed by atoms with Crippen LogP contribution in [-0.4, -0.2) is 25.6 Å². The largest absolute Gasteiger partial charge is 0.872 e. The predicted molar refractivity (Wildman–Crippen MR) is 115 cm³/mol. The molecule has 0 aliphatic rings. The van der Waals surface area contributed by atoms with Crippen LogP contribution in [-0.2, 0) is 7.05 Å². The van der Waals surface area contributed by atoms with Gasteiger partial charge in [-0.15, -0.1) is 0 Å². The summed E-state index contributed by atoms with van der Waals surface area (Å²) in [7, 11) is 1.75. The number of nitrogens with one attached hydrogen (secondary N) is 2. The summed E-state index contributed by atoms with van der Waals surface area (Å²) in [6, 6.07) is 12.5. The fourth-order valence-electron chi connectivity index (χ4n) is 2.76. The summed E-state index contributed by atoms with van der Waals surface area (Å²) in [5, 5.41) is 29.3. The second-order valence-corrected chi connectivity index (χ2v) is 6.65. The van der Waals surface area contributed by atoms with Crippen molar-refractivity contribution >= 4 is 34.9 Å². The van der Waals surface area contributed by atoms with Crippen LogP contribution in [0.15, 0.2) is 58.4 Å². The maximum Gasteiger partial charge on any atom is 0.295 e. The molecule has 1 heterocycles. The third-order valence-corrected chi connectivity index (χ3v) is 4.56. The lowest BCUT2D eigenvalue weighted by atomic mass is 10.2. The van der Waals surface area contributed by atoms with Gasteiger partial charge in [-0.2, -0.15) is 5.10 Å². The van der Waals surface area contributed by atoms with Gasteiger partial charge < -0.3 is 10.4 Å². The maximum atomic E-state index is 12.8. The second-order valence-electron chi connectivity index (χ2n) is 6.24. The monoisotopic (exact) mass is 425 g/mol. The van der Waals surface area contributed by atoms with Gasteiger partial charge in [-0.3, -0.25) is 25.0 Å². The molecule has 0 aliphatic heterocycles. The lowest BCUT2D eigenvalue weighted by molar-refractivity contribution is -0.385. The van der Waals surface area contributed by atoms with Crippen LogP contribution in [0.2, 0.25) is 0 Å². The number of hydrazone groups is 1. The van der Waals surface area contributed by atoms with Crippen molar-refractivity contribution in [3.63, 3.8) is 0 Å². The molecule has 154 valence electrons. The Labute approximate surface area is 176 Å². The molecule has 2 aromatic carbocycles. The van der Waals surface area contributed by atoms with Gasteiger partial charge in [0.2, 0.25) is 0 Å². The van der Waals surface area contributed by atoms with Crippen LogP contribution in [0.4, 0.5) is 11.4 Å². The number of rotatable bonds is 5. The number of nitrogens with zero attached hydrogens (tertiary/aromatic N) is 4. The minimum absolute atomic E-state index is 0.0233. The number of anilines is 1. The van der Waals surface area contributed by atoms with Gasteiger partial charge in [-0.1, -0.05) is 30.0 Å². The summed E-state index contributed by atoms with van der Waals surface area (Å²) < 4.78 is 3.19. The molecule has 0 fully saturated rings. The van der Waals surface area contributed by atoms with Gasteiger partial charge in [-0.05, 0) is 36.8 Å². The first-order valence-electron chi connectivity index (χ1n) is 8.69. The summed E-state index contributed by atoms with van der Waals surface area (Å²) in [5.74, 6) is -0.422. The van der Waals surface area contributed by atoms with Crippen molar-refractivity contribution < 1.29 is 10.0 Å². The van der Waals surface area contributed by atoms with Crippen molar-refractivity contribution in [2.45, 2.75) is 6.92 Å². The lowest BCUT2D eigenvalue weighted by Gasteiger charge is -2.09. The van der Waals surface area contributed by atoms with Crippen LogP contribution in [0.1, 0.15) is 11.3 Å². The number of hydrogen-bond acceptors (Lipinski definition) is 6. The number of hydrogen-bond donors (Lipinski definition) is 2. The highest BCUT2D eigenvalue weighted by Crippen LogP contribution is 2.19. The average molecular weight is 425 g/mol. The first-order chi connectivity index (χ1) is 14.3. The van der Waals surface area contributed by atoms with Crippen LogP contribution in [0, 0.1) is 17.0 Å². The molecular formula is C19H17N6O4S-. The molecular weight excluding hydrogens is 408 g/mol. The van der Waals surface area contributed by atoms with Crippen LogP contribution >= 0.6 is 12.2 Å². The van der Waals surface area contributed by atoms with Crippen LogP contribution in [0.5, 0.6) is 5.75 Å². The lowest BCUT2D eigenvalue weighted by Crippen LogP contribution is -2.28. The third kappa shape index (κ3) is 4.20. The minimum Gasteiger partial charge on any atom is -0.872 e. The van der Waals surface area contributed by atoms with Crippen molar-refractivity contribution in [1.29, 1.82) is 0 Å². The van der Waals surface area contributed by atoms with Gasteiger partial charge in [0.15, 0.2) is 5.11 Å². The first-order valence-corrected chi connectivity index (χ1v) is 9.10. The van der Waals surface area contributed by atoms with Crippen molar-refractivity contribution in [3.05, 3.63) is 80.3 Å². The van der Waals surface area contributed by atoms with E-state index in [4.69, 9.17) is 12.2 Å². The Kier molecular flexibility index (Phi) is 5.93. The number of para-hydroxylation sites is 1. The quantitative estimate of drug-likeness (QED) is 0.276. The molecule has 30 heavy (non-hydrogen) atoms. The SMILES string of the molecule is Cc1c(NC(=S)N/N=C/c2cc([N+](=O)[O-])ccc2[O-])c(=O)n(-c2ccccc2)n1C. The van der Waals surface area contributed by atoms with Crippen molar-refractivity contribution in [3.8, 4) is 11.4 Å². The highest BCUT2D eigenvalue weighted by atomic mass is 32.1. The summed E-state index contributed by atoms with van der Waals surface area (Å²) >= 11 is 5.16. The van der Waals surface area contributed by atoms with E-state index in [9.17, 15) is 20.0 Å². The molecule has 0 aliphatic carbocycles. The zero-order chi connectivity index (χ0) is 21.8. The maximum absolute atomic E-state index is 12.8. The van der Waals surface area contributed by atoms with Gasteiger partial charge in [0.25, 0.3) is 11.2 Å². The van der Waals surface area contributed by atoms with E-state index in [1.54, 1.807) is 18.7 Å². The molecule has 0 amide bonds. The van der Waals surface area contributed by atoms with Crippen molar-refractivity contribution in [1.82, 2.24) is 14.8 Å². The first kappa shape index (κ1) is 20.7. The molecule has 0 atom stereocenters. The van der Waals surface area contributed by atoms with Gasteiger partial charge in [0.05, 0.1) is 22.5 Å². The Hall–Kier alpha value is -3.99. The predicted octanol–water partition coefficient (Wildman–Crippen LogP) is 1.79. The molecule has 2 N–H and O–H groups in total. The summed E-state index contributed by atoms with van der Waals surface area (Å²) in [5.41, 5.74) is 3.63. The van der Waals surface area contributed by atoms with Crippen LogP contribution in [0.25, 0.3) is 5.69 Å². The zero-order valence-electron chi connectivity index (χ0n) is 16.0. The van der Waals surface area contributed by atoms with E-state index in [0.717, 1.165) is 24.4 Å². The number of benzene rings is 2. The molecule has 0 bridgehead atoms. The fraction of sp³-hybridized carbons (Fsp3) is 0.105. The Balaban J connectivity index is 1.76. The summed E-state index contributed by atoms with van der Waals surface area (Å²) in [6.07, 6.45) is 1.13. The third-order valence-electron chi connectivity index (χ3n) is 4.37. The number of nitro groups is 1. The zero-order valence-corrected chi connectivity index (χ0v) is 16.8. The van der Waals surface area contributed by atoms with E-state index in [2.05, 4.69) is 15.8 Å². The van der Waals surface area contributed by atoms with Gasteiger partial charge in [0, 0.05) is 19.2 Å². The molecule has 3 aromatic rings. The van der Waals surface area contributed by atoms with Crippen molar-refractivity contribution in [2.24, 2.45) is 12.1 Å². The molecule has 0 saturated carbocycles. The average Bonchev–Trinajstić information content (AvgIpc) is 2.93. The van der Waals surface area contributed by atoms with E-state index in [0.29, 0.717) is 11.4 Å². The van der Waals surface area contributed by atoms with E-state index in [1.807, 2.05) is 30.3 Å². The molecule has 11 heteroatoms. The smallest absolute Gasteiger partial charge is 0.295 e. The Morgan fingerprint density at radius 1 is 1.23 bits per heavy atom. The molecule has 0 radical (unpaired) electrons. The van der Waals surface area contributed by atoms with E-state index in [-0.39, 0.29) is 27.6 Å². The summed E-state index contributed by atoms with van der Waals surface area (Å²) in [6.45, 7) is 1.77. The highest BCUT2D eigenvalue weighted by molar-refractivity contribution is 7.80.